The van der Waals surface area contributed by atoms with Crippen LogP contribution in [0, 0.1) is 0 Å². The molecule has 1 N–H and O–H groups in total. The zero-order valence-corrected chi connectivity index (χ0v) is 17.2. The highest BCUT2D eigenvalue weighted by atomic mass is 79.9. The summed E-state index contributed by atoms with van der Waals surface area (Å²) in [5.41, 5.74) is 1.41. The fourth-order valence-corrected chi connectivity index (χ4v) is 4.06. The van der Waals surface area contributed by atoms with Crippen molar-refractivity contribution < 1.29 is 14.3 Å². The fraction of sp³-hybridized carbons (Fsp3) is 0.211. The van der Waals surface area contributed by atoms with Crippen LogP contribution in [0.2, 0.25) is 0 Å². The third kappa shape index (κ3) is 4.90. The third-order valence-electron chi connectivity index (χ3n) is 3.92. The Morgan fingerprint density at radius 1 is 1.30 bits per heavy atom. The SMILES string of the molecule is COc1ccc(N=C2SC(CC(=O)Nc3cccc(Br)c3)C(=O)N2C)cc1. The van der Waals surface area contributed by atoms with Gasteiger partial charge in [-0.15, -0.1) is 0 Å². The fourth-order valence-electron chi connectivity index (χ4n) is 2.51. The minimum absolute atomic E-state index is 0.0853. The smallest absolute Gasteiger partial charge is 0.242 e. The van der Waals surface area contributed by atoms with E-state index in [-0.39, 0.29) is 18.2 Å². The van der Waals surface area contributed by atoms with Crippen molar-refractivity contribution in [2.45, 2.75) is 11.7 Å². The quantitative estimate of drug-likeness (QED) is 0.750. The molecule has 0 aromatic heterocycles. The Bertz CT molecular complexity index is 886. The average Bonchev–Trinajstić information content (AvgIpc) is 2.90. The van der Waals surface area contributed by atoms with Gasteiger partial charge in [-0.2, -0.15) is 0 Å². The van der Waals surface area contributed by atoms with E-state index in [1.54, 1.807) is 20.2 Å². The molecule has 6 nitrogen and oxygen atoms in total. The summed E-state index contributed by atoms with van der Waals surface area (Å²) in [6, 6.07) is 14.6. The summed E-state index contributed by atoms with van der Waals surface area (Å²) < 4.78 is 6.00. The van der Waals surface area contributed by atoms with Crippen molar-refractivity contribution >= 4 is 56.0 Å². The van der Waals surface area contributed by atoms with Crippen molar-refractivity contribution in [1.82, 2.24) is 4.90 Å². The predicted octanol–water partition coefficient (Wildman–Crippen LogP) is 4.05. The second-order valence-electron chi connectivity index (χ2n) is 5.86. The van der Waals surface area contributed by atoms with Crippen LogP contribution in [0.5, 0.6) is 5.75 Å². The number of hydrogen-bond donors (Lipinski definition) is 1. The Balaban J connectivity index is 1.66. The number of rotatable bonds is 5. The van der Waals surface area contributed by atoms with Crippen molar-refractivity contribution in [1.29, 1.82) is 0 Å². The summed E-state index contributed by atoms with van der Waals surface area (Å²) >= 11 is 4.67. The number of thioether (sulfide) groups is 1. The van der Waals surface area contributed by atoms with Crippen molar-refractivity contribution in [3.63, 3.8) is 0 Å². The Morgan fingerprint density at radius 2 is 2.04 bits per heavy atom. The molecular weight excluding hydrogens is 430 g/mol. The molecule has 2 aromatic carbocycles. The molecular formula is C19H18BrN3O3S. The van der Waals surface area contributed by atoms with Gasteiger partial charge in [-0.05, 0) is 42.5 Å². The minimum Gasteiger partial charge on any atom is -0.497 e. The zero-order chi connectivity index (χ0) is 19.4. The maximum absolute atomic E-state index is 12.5. The number of benzene rings is 2. The molecule has 1 saturated heterocycles. The summed E-state index contributed by atoms with van der Waals surface area (Å²) in [7, 11) is 3.27. The topological polar surface area (TPSA) is 71.0 Å². The van der Waals surface area contributed by atoms with Crippen LogP contribution >= 0.6 is 27.7 Å². The molecule has 1 aliphatic heterocycles. The monoisotopic (exact) mass is 447 g/mol. The molecule has 0 aliphatic carbocycles. The molecule has 3 rings (SSSR count). The van der Waals surface area contributed by atoms with Gasteiger partial charge in [-0.25, -0.2) is 4.99 Å². The van der Waals surface area contributed by atoms with Gasteiger partial charge in [-0.1, -0.05) is 33.8 Å². The summed E-state index contributed by atoms with van der Waals surface area (Å²) in [5.74, 6) is 0.402. The van der Waals surface area contributed by atoms with Gasteiger partial charge in [0.05, 0.1) is 12.8 Å². The van der Waals surface area contributed by atoms with Gasteiger partial charge in [0, 0.05) is 23.6 Å². The van der Waals surface area contributed by atoms with Crippen molar-refractivity contribution in [2.24, 2.45) is 4.99 Å². The van der Waals surface area contributed by atoms with Crippen molar-refractivity contribution in [3.8, 4) is 5.75 Å². The normalized spacial score (nSPS) is 18.0. The van der Waals surface area contributed by atoms with Crippen LogP contribution < -0.4 is 10.1 Å². The van der Waals surface area contributed by atoms with E-state index in [2.05, 4.69) is 26.2 Å². The Kier molecular flexibility index (Phi) is 6.18. The minimum atomic E-state index is -0.487. The molecule has 1 fully saturated rings. The molecule has 0 spiro atoms. The second-order valence-corrected chi connectivity index (χ2v) is 7.94. The van der Waals surface area contributed by atoms with Gasteiger partial charge >= 0.3 is 0 Å². The molecule has 2 amide bonds. The number of amides is 2. The number of carbonyl (C=O) groups is 2. The summed E-state index contributed by atoms with van der Waals surface area (Å²) in [6.45, 7) is 0. The van der Waals surface area contributed by atoms with Gasteiger partial charge in [-0.3, -0.25) is 14.5 Å². The van der Waals surface area contributed by atoms with Crippen LogP contribution in [0.25, 0.3) is 0 Å². The van der Waals surface area contributed by atoms with E-state index in [0.717, 1.165) is 15.9 Å². The number of carbonyl (C=O) groups excluding carboxylic acids is 2. The average molecular weight is 448 g/mol. The van der Waals surface area contributed by atoms with Crippen LogP contribution in [-0.2, 0) is 9.59 Å². The zero-order valence-electron chi connectivity index (χ0n) is 14.8. The number of nitrogens with one attached hydrogen (secondary N) is 1. The molecule has 140 valence electrons. The molecule has 0 bridgehead atoms. The standard InChI is InChI=1S/C19H18BrN3O3S/c1-23-18(25)16(11-17(24)21-14-5-3-4-12(20)10-14)27-19(23)22-13-6-8-15(26-2)9-7-13/h3-10,16H,11H2,1-2H3,(H,21,24). The summed E-state index contributed by atoms with van der Waals surface area (Å²) in [5, 5.41) is 2.90. The van der Waals surface area contributed by atoms with Gasteiger partial charge in [0.2, 0.25) is 11.8 Å². The van der Waals surface area contributed by atoms with Gasteiger partial charge < -0.3 is 10.1 Å². The van der Waals surface area contributed by atoms with Crippen molar-refractivity contribution in [2.75, 3.05) is 19.5 Å². The lowest BCUT2D eigenvalue weighted by atomic mass is 10.2. The van der Waals surface area contributed by atoms with Gasteiger partial charge in [0.15, 0.2) is 5.17 Å². The Hall–Kier alpha value is -2.32. The highest BCUT2D eigenvalue weighted by Gasteiger charge is 2.37. The number of anilines is 1. The van der Waals surface area contributed by atoms with Crippen LogP contribution in [0.15, 0.2) is 58.0 Å². The first-order chi connectivity index (χ1) is 13.0. The van der Waals surface area contributed by atoms with E-state index in [4.69, 9.17) is 4.74 Å². The highest BCUT2D eigenvalue weighted by molar-refractivity contribution is 9.10. The van der Waals surface area contributed by atoms with E-state index in [1.165, 1.54) is 16.7 Å². The maximum atomic E-state index is 12.5. The van der Waals surface area contributed by atoms with E-state index < -0.39 is 5.25 Å². The van der Waals surface area contributed by atoms with E-state index in [9.17, 15) is 9.59 Å². The number of methoxy groups -OCH3 is 1. The number of amidine groups is 1. The number of halogens is 1. The van der Waals surface area contributed by atoms with Crippen LogP contribution in [0.1, 0.15) is 6.42 Å². The van der Waals surface area contributed by atoms with Crippen LogP contribution in [0.4, 0.5) is 11.4 Å². The van der Waals surface area contributed by atoms with Crippen LogP contribution in [0.3, 0.4) is 0 Å². The molecule has 0 saturated carbocycles. The first-order valence-electron chi connectivity index (χ1n) is 8.18. The second kappa shape index (κ2) is 8.58. The van der Waals surface area contributed by atoms with E-state index in [1.807, 2.05) is 42.5 Å². The lowest BCUT2D eigenvalue weighted by Gasteiger charge is -2.09. The van der Waals surface area contributed by atoms with E-state index >= 15 is 0 Å². The number of aliphatic imine (C=N–C) groups is 1. The largest absolute Gasteiger partial charge is 0.497 e. The summed E-state index contributed by atoms with van der Waals surface area (Å²) in [6.07, 6.45) is 0.0853. The van der Waals surface area contributed by atoms with Crippen LogP contribution in [-0.4, -0.2) is 41.3 Å². The van der Waals surface area contributed by atoms with E-state index in [0.29, 0.717) is 10.9 Å². The highest BCUT2D eigenvalue weighted by Crippen LogP contribution is 2.31. The molecule has 1 heterocycles. The van der Waals surface area contributed by atoms with Gasteiger partial charge in [0.25, 0.3) is 0 Å². The molecule has 1 aliphatic rings. The molecule has 1 unspecified atom stereocenters. The lowest BCUT2D eigenvalue weighted by Crippen LogP contribution is -2.30. The lowest BCUT2D eigenvalue weighted by molar-refractivity contribution is -0.127. The van der Waals surface area contributed by atoms with Crippen molar-refractivity contribution in [3.05, 3.63) is 53.0 Å². The molecule has 0 radical (unpaired) electrons. The summed E-state index contributed by atoms with van der Waals surface area (Å²) in [4.78, 5) is 30.8. The molecule has 8 heteroatoms. The molecule has 27 heavy (non-hydrogen) atoms. The Morgan fingerprint density at radius 3 is 2.70 bits per heavy atom. The number of ether oxygens (including phenoxy) is 1. The third-order valence-corrected chi connectivity index (χ3v) is 5.64. The number of hydrogen-bond acceptors (Lipinski definition) is 5. The van der Waals surface area contributed by atoms with Gasteiger partial charge in [0.1, 0.15) is 11.0 Å². The molecule has 1 atom stereocenters. The first-order valence-corrected chi connectivity index (χ1v) is 9.86. The first kappa shape index (κ1) is 19.4. The molecule has 2 aromatic rings. The number of nitrogens with zero attached hydrogens (tertiary/aromatic N) is 2. The Labute approximate surface area is 170 Å². The maximum Gasteiger partial charge on any atom is 0.242 e. The predicted molar refractivity (Wildman–Crippen MR) is 112 cm³/mol.